The van der Waals surface area contributed by atoms with Gasteiger partial charge in [-0.25, -0.2) is 4.98 Å². The Bertz CT molecular complexity index is 2230. The number of hydrogen-bond donors (Lipinski definition) is 0. The van der Waals surface area contributed by atoms with Crippen LogP contribution in [0.3, 0.4) is 0 Å². The van der Waals surface area contributed by atoms with Crippen molar-refractivity contribution in [3.63, 3.8) is 0 Å². The van der Waals surface area contributed by atoms with E-state index in [0.717, 1.165) is 69.7 Å². The van der Waals surface area contributed by atoms with Gasteiger partial charge in [-0.1, -0.05) is 81.6 Å². The van der Waals surface area contributed by atoms with Crippen molar-refractivity contribution < 1.29 is 25.8 Å². The fourth-order valence-corrected chi connectivity index (χ4v) is 6.84. The summed E-state index contributed by atoms with van der Waals surface area (Å²) in [4.78, 5) is 4.88. The molecule has 0 saturated carbocycles. The third-order valence-electron chi connectivity index (χ3n) is 9.39. The second-order valence-corrected chi connectivity index (χ2v) is 13.5. The average molecular weight is 840 g/mol. The first kappa shape index (κ1) is 35.4. The summed E-state index contributed by atoms with van der Waals surface area (Å²) in [5.74, 6) is 2.78. The molecule has 0 radical (unpaired) electrons. The minimum absolute atomic E-state index is 0. The molecule has 0 amide bonds. The maximum atomic E-state index is 6.49. The van der Waals surface area contributed by atoms with Crippen molar-refractivity contribution in [2.24, 2.45) is 5.92 Å². The van der Waals surface area contributed by atoms with Gasteiger partial charge in [0.2, 0.25) is 0 Å². The number of nitrogens with zero attached hydrogens (tertiary/aromatic N) is 4. The molecule has 0 N–H and O–H groups in total. The van der Waals surface area contributed by atoms with Gasteiger partial charge >= 0.3 is 21.1 Å². The molecule has 7 rings (SSSR count). The van der Waals surface area contributed by atoms with Crippen LogP contribution < -0.4 is 4.74 Å². The number of unbranched alkanes of at least 4 members (excludes halogenated alkanes) is 2. The Morgan fingerprint density at radius 1 is 0.780 bits per heavy atom. The fourth-order valence-electron chi connectivity index (χ4n) is 6.84. The molecule has 0 aliphatic rings. The summed E-state index contributed by atoms with van der Waals surface area (Å²) < 4.78 is 10.7. The predicted molar refractivity (Wildman–Crippen MR) is 201 cm³/mol. The molecule has 0 bridgehead atoms. The number of ether oxygens (including phenoxy) is 1. The molecule has 7 aromatic rings. The third-order valence-corrected chi connectivity index (χ3v) is 9.39. The molecule has 0 fully saturated rings. The minimum atomic E-state index is 0. The Kier molecular flexibility index (Phi) is 11.0. The molecule has 0 aliphatic carbocycles. The molecule has 0 saturated heterocycles. The number of fused-ring (bicyclic) bond motifs is 3. The molecule has 0 atom stereocenters. The monoisotopic (exact) mass is 839 g/mol. The SMILES string of the molecule is CCCCCc1ccc2c(c1)c1ccc(Oc3[c-]c(-n4nc(C)c(-c5ccccc5)c4C)ccc3)[c-]c1n2-c1cc(CCC(C)C)ccn1.[Pt+2]. The number of pyridine rings is 1. The summed E-state index contributed by atoms with van der Waals surface area (Å²) in [6, 6.07) is 38.9. The van der Waals surface area contributed by atoms with Gasteiger partial charge in [0.15, 0.2) is 0 Å². The van der Waals surface area contributed by atoms with E-state index in [1.165, 1.54) is 35.8 Å². The van der Waals surface area contributed by atoms with Crippen LogP contribution >= 0.6 is 0 Å². The molecule has 256 valence electrons. The summed E-state index contributed by atoms with van der Waals surface area (Å²) in [5, 5.41) is 7.25. The summed E-state index contributed by atoms with van der Waals surface area (Å²) >= 11 is 0. The molecule has 0 spiro atoms. The van der Waals surface area contributed by atoms with Crippen LogP contribution in [0, 0.1) is 31.9 Å². The predicted octanol–water partition coefficient (Wildman–Crippen LogP) is 11.4. The Morgan fingerprint density at radius 2 is 1.58 bits per heavy atom. The van der Waals surface area contributed by atoms with Gasteiger partial charge in [0.05, 0.1) is 5.69 Å². The first-order chi connectivity index (χ1) is 23.9. The zero-order valence-corrected chi connectivity index (χ0v) is 31.8. The molecule has 0 aliphatic heterocycles. The van der Waals surface area contributed by atoms with Crippen molar-refractivity contribution in [2.45, 2.75) is 73.1 Å². The van der Waals surface area contributed by atoms with E-state index in [0.29, 0.717) is 17.4 Å². The van der Waals surface area contributed by atoms with Gasteiger partial charge in [0, 0.05) is 34.5 Å². The van der Waals surface area contributed by atoms with Gasteiger partial charge in [-0.15, -0.1) is 35.7 Å². The summed E-state index contributed by atoms with van der Waals surface area (Å²) in [7, 11) is 0. The Hall–Kier alpha value is -4.47. The third kappa shape index (κ3) is 7.35. The van der Waals surface area contributed by atoms with Crippen molar-refractivity contribution in [3.8, 4) is 34.1 Å². The van der Waals surface area contributed by atoms with Crippen LogP contribution in [0.4, 0.5) is 0 Å². The first-order valence-corrected chi connectivity index (χ1v) is 17.7. The summed E-state index contributed by atoms with van der Waals surface area (Å²) in [6.07, 6.45) is 8.84. The molecule has 6 heteroatoms. The van der Waals surface area contributed by atoms with Crippen LogP contribution in [0.15, 0.2) is 97.2 Å². The molecule has 4 aromatic carbocycles. The van der Waals surface area contributed by atoms with E-state index in [2.05, 4.69) is 112 Å². The van der Waals surface area contributed by atoms with E-state index < -0.39 is 0 Å². The minimum Gasteiger partial charge on any atom is -0.509 e. The average Bonchev–Trinajstić information content (AvgIpc) is 3.60. The smallest absolute Gasteiger partial charge is 0.509 e. The van der Waals surface area contributed by atoms with E-state index in [1.54, 1.807) is 0 Å². The molecule has 3 heterocycles. The van der Waals surface area contributed by atoms with Crippen molar-refractivity contribution in [3.05, 3.63) is 132 Å². The van der Waals surface area contributed by atoms with Crippen LogP contribution in [-0.4, -0.2) is 19.3 Å². The maximum absolute atomic E-state index is 6.49. The number of aryl methyl sites for hydroxylation is 3. The molecular formula is C44H44N4OPt. The molecular weight excluding hydrogens is 796 g/mol. The molecule has 0 unspecified atom stereocenters. The standard InChI is InChI=1S/C44H44N4O.Pt/c1-6-7-9-13-33-20-23-41-40(26-33)39-22-21-38(29-42(39)47(41)43-27-34(24-25-45-43)19-18-30(2)3)49-37-17-12-16-36(28-37)48-32(5)44(31(4)46-48)35-14-10-8-11-15-35;/h8,10-12,14-17,20-27,30H,6-7,9,13,18-19H2,1-5H3;/q-2;+2. The van der Waals surface area contributed by atoms with Crippen LogP contribution in [0.2, 0.25) is 0 Å². The number of rotatable bonds is 12. The van der Waals surface area contributed by atoms with Crippen LogP contribution in [0.25, 0.3) is 44.4 Å². The van der Waals surface area contributed by atoms with Crippen LogP contribution in [-0.2, 0) is 33.9 Å². The zero-order valence-electron chi connectivity index (χ0n) is 29.6. The fraction of sp³-hybridized carbons (Fsp3) is 0.273. The second kappa shape index (κ2) is 15.6. The van der Waals surface area contributed by atoms with E-state index in [4.69, 9.17) is 14.8 Å². The molecule has 50 heavy (non-hydrogen) atoms. The van der Waals surface area contributed by atoms with Gasteiger partial charge in [-0.05, 0) is 91.4 Å². The zero-order chi connectivity index (χ0) is 33.9. The number of hydrogen-bond acceptors (Lipinski definition) is 3. The maximum Gasteiger partial charge on any atom is 2.00 e. The van der Waals surface area contributed by atoms with Gasteiger partial charge in [0.25, 0.3) is 0 Å². The normalized spacial score (nSPS) is 11.4. The van der Waals surface area contributed by atoms with Crippen molar-refractivity contribution in [1.29, 1.82) is 0 Å². The van der Waals surface area contributed by atoms with Crippen molar-refractivity contribution >= 4 is 21.8 Å². The van der Waals surface area contributed by atoms with Gasteiger partial charge < -0.3 is 9.30 Å². The van der Waals surface area contributed by atoms with Gasteiger partial charge in [-0.3, -0.25) is 4.68 Å². The molecule has 5 nitrogen and oxygen atoms in total. The number of aromatic nitrogens is 4. The first-order valence-electron chi connectivity index (χ1n) is 17.7. The quantitative estimate of drug-likeness (QED) is 0.0909. The van der Waals surface area contributed by atoms with E-state index in [-0.39, 0.29) is 21.1 Å². The van der Waals surface area contributed by atoms with E-state index >= 15 is 0 Å². The summed E-state index contributed by atoms with van der Waals surface area (Å²) in [6.45, 7) is 11.0. The van der Waals surface area contributed by atoms with Crippen LogP contribution in [0.5, 0.6) is 11.5 Å². The van der Waals surface area contributed by atoms with Gasteiger partial charge in [0.1, 0.15) is 5.82 Å². The topological polar surface area (TPSA) is 44.9 Å². The Labute approximate surface area is 310 Å². The second-order valence-electron chi connectivity index (χ2n) is 13.5. The Morgan fingerprint density at radius 3 is 2.38 bits per heavy atom. The summed E-state index contributed by atoms with van der Waals surface area (Å²) in [5.41, 5.74) is 9.90. The Balaban J connectivity index is 0.00000432. The van der Waals surface area contributed by atoms with Crippen LogP contribution in [0.1, 0.15) is 69.0 Å². The van der Waals surface area contributed by atoms with E-state index in [1.807, 2.05) is 41.2 Å². The number of benzene rings is 4. The largest absolute Gasteiger partial charge is 2.00 e. The van der Waals surface area contributed by atoms with Crippen molar-refractivity contribution in [2.75, 3.05) is 0 Å². The van der Waals surface area contributed by atoms with Crippen molar-refractivity contribution in [1.82, 2.24) is 19.3 Å². The van der Waals surface area contributed by atoms with E-state index in [9.17, 15) is 0 Å². The van der Waals surface area contributed by atoms with Gasteiger partial charge in [-0.2, -0.15) is 17.2 Å². The molecule has 3 aromatic heterocycles.